The molecule has 3 heteroatoms. The molecule has 0 bridgehead atoms. The first-order valence-corrected chi connectivity index (χ1v) is 13.5. The monoisotopic (exact) mass is 486 g/mol. The minimum atomic E-state index is 0.109. The number of rotatable bonds is 14. The van der Waals surface area contributed by atoms with Gasteiger partial charge in [0.1, 0.15) is 18.1 Å². The van der Waals surface area contributed by atoms with E-state index in [1.165, 1.54) is 22.3 Å². The SMILES string of the molecule is CCC1C(CCC(=O)COc2ccc(C(C)C)cc2)=CC=C1CCC(=O)Cc1ccccc1C(C)C. The average molecular weight is 487 g/mol. The van der Waals surface area contributed by atoms with Gasteiger partial charge in [-0.2, -0.15) is 0 Å². The molecule has 0 aromatic heterocycles. The van der Waals surface area contributed by atoms with Crippen LogP contribution in [0.25, 0.3) is 0 Å². The number of allylic oxidation sites excluding steroid dienone is 4. The van der Waals surface area contributed by atoms with E-state index in [-0.39, 0.29) is 12.4 Å². The molecule has 1 aliphatic rings. The summed E-state index contributed by atoms with van der Waals surface area (Å²) in [5.74, 6) is 2.39. The van der Waals surface area contributed by atoms with Crippen LogP contribution in [-0.4, -0.2) is 18.2 Å². The van der Waals surface area contributed by atoms with Crippen molar-refractivity contribution >= 4 is 11.6 Å². The Hall–Kier alpha value is -2.94. The molecule has 36 heavy (non-hydrogen) atoms. The number of benzene rings is 2. The van der Waals surface area contributed by atoms with Crippen molar-refractivity contribution in [2.24, 2.45) is 5.92 Å². The lowest BCUT2D eigenvalue weighted by atomic mass is 9.87. The van der Waals surface area contributed by atoms with E-state index in [9.17, 15) is 9.59 Å². The summed E-state index contributed by atoms with van der Waals surface area (Å²) in [5, 5.41) is 0. The lowest BCUT2D eigenvalue weighted by molar-refractivity contribution is -0.121. The van der Waals surface area contributed by atoms with E-state index >= 15 is 0 Å². The minimum absolute atomic E-state index is 0.109. The highest BCUT2D eigenvalue weighted by molar-refractivity contribution is 5.81. The summed E-state index contributed by atoms with van der Waals surface area (Å²) in [6.07, 6.45) is 8.45. The Morgan fingerprint density at radius 1 is 0.806 bits per heavy atom. The topological polar surface area (TPSA) is 43.4 Å². The number of hydrogen-bond donors (Lipinski definition) is 0. The van der Waals surface area contributed by atoms with E-state index in [2.05, 4.69) is 71.0 Å². The highest BCUT2D eigenvalue weighted by Gasteiger charge is 2.22. The van der Waals surface area contributed by atoms with Crippen LogP contribution in [0.3, 0.4) is 0 Å². The van der Waals surface area contributed by atoms with Crippen LogP contribution >= 0.6 is 0 Å². The summed E-state index contributed by atoms with van der Waals surface area (Å²) in [7, 11) is 0. The van der Waals surface area contributed by atoms with Gasteiger partial charge in [0, 0.05) is 25.2 Å². The molecule has 1 unspecified atom stereocenters. The van der Waals surface area contributed by atoms with Gasteiger partial charge in [-0.25, -0.2) is 0 Å². The fraction of sp³-hybridized carbons (Fsp3) is 0.455. The van der Waals surface area contributed by atoms with Gasteiger partial charge in [-0.15, -0.1) is 0 Å². The Bertz CT molecular complexity index is 1090. The van der Waals surface area contributed by atoms with Crippen LogP contribution in [0, 0.1) is 5.92 Å². The van der Waals surface area contributed by atoms with Gasteiger partial charge in [0.25, 0.3) is 0 Å². The summed E-state index contributed by atoms with van der Waals surface area (Å²) in [6.45, 7) is 11.0. The number of ether oxygens (including phenoxy) is 1. The predicted molar refractivity (Wildman–Crippen MR) is 149 cm³/mol. The van der Waals surface area contributed by atoms with E-state index in [1.54, 1.807) is 0 Å². The number of carbonyl (C=O) groups excluding carboxylic acids is 2. The first-order chi connectivity index (χ1) is 17.3. The zero-order chi connectivity index (χ0) is 26.1. The second-order valence-electron chi connectivity index (χ2n) is 10.6. The quantitative estimate of drug-likeness (QED) is 0.271. The Labute approximate surface area is 217 Å². The van der Waals surface area contributed by atoms with E-state index in [1.807, 2.05) is 24.3 Å². The lowest BCUT2D eigenvalue weighted by Gasteiger charge is -2.18. The maximum Gasteiger partial charge on any atom is 0.170 e. The second-order valence-corrected chi connectivity index (χ2v) is 10.6. The van der Waals surface area contributed by atoms with Gasteiger partial charge in [-0.3, -0.25) is 9.59 Å². The molecule has 0 heterocycles. The third-order valence-corrected chi connectivity index (χ3v) is 7.21. The van der Waals surface area contributed by atoms with Crippen molar-refractivity contribution in [3.8, 4) is 5.75 Å². The van der Waals surface area contributed by atoms with Gasteiger partial charge in [0.2, 0.25) is 0 Å². The number of carbonyl (C=O) groups is 2. The molecule has 2 aromatic carbocycles. The summed E-state index contributed by atoms with van der Waals surface area (Å²) < 4.78 is 5.71. The Kier molecular flexibility index (Phi) is 10.3. The smallest absolute Gasteiger partial charge is 0.170 e. The zero-order valence-corrected chi connectivity index (χ0v) is 22.7. The molecule has 0 radical (unpaired) electrons. The molecular weight excluding hydrogens is 444 g/mol. The summed E-state index contributed by atoms with van der Waals surface area (Å²) in [6, 6.07) is 16.3. The summed E-state index contributed by atoms with van der Waals surface area (Å²) >= 11 is 0. The molecule has 0 fully saturated rings. The van der Waals surface area contributed by atoms with Crippen LogP contribution in [0.1, 0.15) is 95.2 Å². The number of ketones is 2. The maximum absolute atomic E-state index is 12.8. The summed E-state index contributed by atoms with van der Waals surface area (Å²) in [4.78, 5) is 25.2. The fourth-order valence-electron chi connectivity index (χ4n) is 5.04. The molecule has 1 atom stereocenters. The minimum Gasteiger partial charge on any atom is -0.486 e. The van der Waals surface area contributed by atoms with Crippen LogP contribution in [-0.2, 0) is 16.0 Å². The van der Waals surface area contributed by atoms with E-state index in [0.717, 1.165) is 30.6 Å². The Balaban J connectivity index is 1.42. The van der Waals surface area contributed by atoms with Gasteiger partial charge in [-0.05, 0) is 59.9 Å². The molecule has 1 aliphatic carbocycles. The standard InChI is InChI=1S/C33H42O3/c1-6-32-26(13-17-29(34)21-28-9-7-8-10-33(28)24(4)5)11-12-27(32)14-18-30(35)22-36-31-19-15-25(16-20-31)23(2)3/h7-12,15-16,19-20,23-24,32H,6,13-14,17-18,21-22H2,1-5H3. The van der Waals surface area contributed by atoms with Crippen molar-refractivity contribution in [2.75, 3.05) is 6.61 Å². The summed E-state index contributed by atoms with van der Waals surface area (Å²) in [5.41, 5.74) is 6.31. The van der Waals surface area contributed by atoms with Crippen molar-refractivity contribution in [1.82, 2.24) is 0 Å². The molecule has 3 rings (SSSR count). The van der Waals surface area contributed by atoms with Crippen LogP contribution in [0.2, 0.25) is 0 Å². The molecule has 0 amide bonds. The molecular formula is C33H42O3. The molecule has 0 spiro atoms. The maximum atomic E-state index is 12.8. The molecule has 0 aliphatic heterocycles. The van der Waals surface area contributed by atoms with Crippen molar-refractivity contribution in [3.63, 3.8) is 0 Å². The van der Waals surface area contributed by atoms with Gasteiger partial charge >= 0.3 is 0 Å². The normalized spacial score (nSPS) is 15.2. The first kappa shape index (κ1) is 27.6. The third kappa shape index (κ3) is 7.78. The van der Waals surface area contributed by atoms with Crippen molar-refractivity contribution in [3.05, 3.63) is 88.5 Å². The highest BCUT2D eigenvalue weighted by Crippen LogP contribution is 2.35. The molecule has 192 valence electrons. The lowest BCUT2D eigenvalue weighted by Crippen LogP contribution is -2.13. The van der Waals surface area contributed by atoms with E-state index in [0.29, 0.717) is 42.8 Å². The second kappa shape index (κ2) is 13.4. The molecule has 3 nitrogen and oxygen atoms in total. The van der Waals surface area contributed by atoms with Crippen molar-refractivity contribution in [2.45, 2.75) is 85.0 Å². The zero-order valence-electron chi connectivity index (χ0n) is 22.7. The van der Waals surface area contributed by atoms with Crippen LogP contribution in [0.5, 0.6) is 5.75 Å². The highest BCUT2D eigenvalue weighted by atomic mass is 16.5. The predicted octanol–water partition coefficient (Wildman–Crippen LogP) is 8.15. The molecule has 0 saturated heterocycles. The van der Waals surface area contributed by atoms with E-state index < -0.39 is 0 Å². The number of Topliss-reactive ketones (excluding diaryl/α,β-unsaturated/α-hetero) is 2. The van der Waals surface area contributed by atoms with Crippen LogP contribution in [0.4, 0.5) is 0 Å². The number of hydrogen-bond acceptors (Lipinski definition) is 3. The van der Waals surface area contributed by atoms with Gasteiger partial charge < -0.3 is 4.74 Å². The fourth-order valence-corrected chi connectivity index (χ4v) is 5.04. The van der Waals surface area contributed by atoms with Gasteiger partial charge in [0.05, 0.1) is 0 Å². The Morgan fingerprint density at radius 2 is 1.42 bits per heavy atom. The third-order valence-electron chi connectivity index (χ3n) is 7.21. The van der Waals surface area contributed by atoms with Gasteiger partial charge in [-0.1, -0.05) is 94.3 Å². The van der Waals surface area contributed by atoms with Crippen molar-refractivity contribution in [1.29, 1.82) is 0 Å². The van der Waals surface area contributed by atoms with E-state index in [4.69, 9.17) is 4.74 Å². The van der Waals surface area contributed by atoms with Crippen LogP contribution < -0.4 is 4.74 Å². The molecule has 0 N–H and O–H groups in total. The largest absolute Gasteiger partial charge is 0.486 e. The molecule has 0 saturated carbocycles. The first-order valence-electron chi connectivity index (χ1n) is 13.5. The van der Waals surface area contributed by atoms with Crippen molar-refractivity contribution < 1.29 is 14.3 Å². The van der Waals surface area contributed by atoms with Crippen LogP contribution in [0.15, 0.2) is 71.8 Å². The van der Waals surface area contributed by atoms with Gasteiger partial charge in [0.15, 0.2) is 5.78 Å². The molecule has 2 aromatic rings. The average Bonchev–Trinajstić information content (AvgIpc) is 3.27. The Morgan fingerprint density at radius 3 is 2.00 bits per heavy atom.